The van der Waals surface area contributed by atoms with Crippen LogP contribution in [0.15, 0.2) is 18.2 Å². The quantitative estimate of drug-likeness (QED) is 0.406. The molecule has 2 aliphatic heterocycles. The predicted molar refractivity (Wildman–Crippen MR) is 161 cm³/mol. The van der Waals surface area contributed by atoms with Crippen molar-refractivity contribution in [1.82, 2.24) is 20.0 Å². The highest BCUT2D eigenvalue weighted by Gasteiger charge is 2.32. The van der Waals surface area contributed by atoms with Gasteiger partial charge in [0.25, 0.3) is 0 Å². The molecule has 0 radical (unpaired) electrons. The van der Waals surface area contributed by atoms with E-state index in [0.29, 0.717) is 56.3 Å². The monoisotopic (exact) mass is 587 g/mol. The number of amides is 4. The second-order valence-corrected chi connectivity index (χ2v) is 12.1. The van der Waals surface area contributed by atoms with Gasteiger partial charge < -0.3 is 35.0 Å². The number of anilines is 1. The SMILES string of the molecule is C[C@@H]1CN([C@H](C)CO)C(=O)Cc2cc(NC(=O)CCN3CCOCC3)ccc2O[C@H]1CN(C)C(=O)NC1CCCCC1. The molecule has 2 fully saturated rings. The van der Waals surface area contributed by atoms with Gasteiger partial charge in [0.1, 0.15) is 11.9 Å². The number of aliphatic hydroxyl groups is 1. The summed E-state index contributed by atoms with van der Waals surface area (Å²) in [6.45, 7) is 8.11. The molecule has 11 nitrogen and oxygen atoms in total. The van der Waals surface area contributed by atoms with Gasteiger partial charge in [-0.15, -0.1) is 0 Å². The van der Waals surface area contributed by atoms with Crippen LogP contribution in [0.3, 0.4) is 0 Å². The van der Waals surface area contributed by atoms with Crippen molar-refractivity contribution in [3.05, 3.63) is 23.8 Å². The third kappa shape index (κ3) is 9.05. The van der Waals surface area contributed by atoms with Crippen molar-refractivity contribution < 1.29 is 29.0 Å². The van der Waals surface area contributed by atoms with Crippen molar-refractivity contribution in [2.45, 2.75) is 77.0 Å². The van der Waals surface area contributed by atoms with E-state index in [9.17, 15) is 19.5 Å². The second-order valence-electron chi connectivity index (χ2n) is 12.1. The predicted octanol–water partition coefficient (Wildman–Crippen LogP) is 2.47. The average Bonchev–Trinajstić information content (AvgIpc) is 3.04. The molecule has 3 atom stereocenters. The molecule has 0 unspecified atom stereocenters. The Morgan fingerprint density at radius 1 is 1.17 bits per heavy atom. The topological polar surface area (TPSA) is 124 Å². The molecule has 1 saturated heterocycles. The molecule has 4 amide bonds. The standard InChI is InChI=1S/C31H49N5O6/c1-22-19-36(23(2)21-37)30(39)18-24-17-26(32-29(38)11-12-35-13-15-41-16-14-35)9-10-27(24)42-28(22)20-34(3)31(40)33-25-7-5-4-6-8-25/h9-10,17,22-23,25,28,37H,4-8,11-16,18-21H2,1-3H3,(H,32,38)(H,33,40)/t22-,23-,28+/m1/s1. The first kappa shape index (κ1) is 32.0. The number of hydrogen-bond donors (Lipinski definition) is 3. The largest absolute Gasteiger partial charge is 0.488 e. The Kier molecular flexibility index (Phi) is 11.9. The minimum Gasteiger partial charge on any atom is -0.488 e. The molecule has 1 aliphatic carbocycles. The first-order valence-corrected chi connectivity index (χ1v) is 15.5. The molecule has 0 spiro atoms. The third-order valence-corrected chi connectivity index (χ3v) is 8.69. The first-order valence-electron chi connectivity index (χ1n) is 15.5. The summed E-state index contributed by atoms with van der Waals surface area (Å²) in [6.07, 6.45) is 5.55. The van der Waals surface area contributed by atoms with Crippen LogP contribution in [0, 0.1) is 5.92 Å². The molecule has 11 heteroatoms. The zero-order valence-corrected chi connectivity index (χ0v) is 25.5. The van der Waals surface area contributed by atoms with Gasteiger partial charge in [0.05, 0.1) is 38.8 Å². The zero-order valence-electron chi connectivity index (χ0n) is 25.5. The van der Waals surface area contributed by atoms with Crippen molar-refractivity contribution in [1.29, 1.82) is 0 Å². The maximum absolute atomic E-state index is 13.5. The Bertz CT molecular complexity index is 1060. The molecule has 234 valence electrons. The van der Waals surface area contributed by atoms with Crippen molar-refractivity contribution in [2.75, 3.05) is 64.9 Å². The average molecular weight is 588 g/mol. The van der Waals surface area contributed by atoms with Gasteiger partial charge in [0.2, 0.25) is 11.8 Å². The molecule has 3 N–H and O–H groups in total. The normalized spacial score (nSPS) is 23.0. The lowest BCUT2D eigenvalue weighted by Crippen LogP contribution is -2.50. The number of nitrogens with zero attached hydrogens (tertiary/aromatic N) is 3. The first-order chi connectivity index (χ1) is 20.2. The molecule has 1 saturated carbocycles. The fourth-order valence-corrected chi connectivity index (χ4v) is 5.92. The lowest BCUT2D eigenvalue weighted by molar-refractivity contribution is -0.134. The van der Waals surface area contributed by atoms with Crippen LogP contribution < -0.4 is 15.4 Å². The van der Waals surface area contributed by atoms with Gasteiger partial charge in [-0.1, -0.05) is 26.2 Å². The van der Waals surface area contributed by atoms with Gasteiger partial charge in [-0.3, -0.25) is 14.5 Å². The molecule has 0 bridgehead atoms. The number of rotatable bonds is 9. The summed E-state index contributed by atoms with van der Waals surface area (Å²) in [6, 6.07) is 5.11. The van der Waals surface area contributed by atoms with E-state index in [-0.39, 0.29) is 55.0 Å². The summed E-state index contributed by atoms with van der Waals surface area (Å²) >= 11 is 0. The van der Waals surface area contributed by atoms with E-state index in [1.165, 1.54) is 6.42 Å². The van der Waals surface area contributed by atoms with E-state index in [1.807, 2.05) is 13.8 Å². The number of carbonyl (C=O) groups excluding carboxylic acids is 3. The minimum absolute atomic E-state index is 0.0780. The van der Waals surface area contributed by atoms with Crippen molar-refractivity contribution in [3.8, 4) is 5.75 Å². The Balaban J connectivity index is 1.48. The van der Waals surface area contributed by atoms with Crippen LogP contribution in [0.2, 0.25) is 0 Å². The number of benzene rings is 1. The highest BCUT2D eigenvalue weighted by atomic mass is 16.5. The maximum Gasteiger partial charge on any atom is 0.317 e. The van der Waals surface area contributed by atoms with Gasteiger partial charge in [0, 0.05) is 62.9 Å². The summed E-state index contributed by atoms with van der Waals surface area (Å²) in [7, 11) is 1.77. The van der Waals surface area contributed by atoms with Gasteiger partial charge in [-0.25, -0.2) is 4.79 Å². The van der Waals surface area contributed by atoms with E-state index < -0.39 is 0 Å². The fraction of sp³-hybridized carbons (Fsp3) is 0.710. The maximum atomic E-state index is 13.5. The Labute approximate surface area is 249 Å². The van der Waals surface area contributed by atoms with Crippen LogP contribution in [-0.2, 0) is 20.7 Å². The van der Waals surface area contributed by atoms with Crippen LogP contribution in [0.4, 0.5) is 10.5 Å². The van der Waals surface area contributed by atoms with Crippen molar-refractivity contribution >= 4 is 23.5 Å². The van der Waals surface area contributed by atoms with E-state index in [4.69, 9.17) is 9.47 Å². The second kappa shape index (κ2) is 15.5. The molecular weight excluding hydrogens is 538 g/mol. The molecule has 0 aromatic heterocycles. The zero-order chi connectivity index (χ0) is 30.1. The van der Waals surface area contributed by atoms with Crippen LogP contribution in [0.1, 0.15) is 57.9 Å². The Morgan fingerprint density at radius 3 is 2.62 bits per heavy atom. The summed E-state index contributed by atoms with van der Waals surface area (Å²) in [4.78, 5) is 44.8. The number of hydrogen-bond acceptors (Lipinski definition) is 7. The van der Waals surface area contributed by atoms with E-state index in [0.717, 1.165) is 38.8 Å². The fourth-order valence-electron chi connectivity index (χ4n) is 5.92. The highest BCUT2D eigenvalue weighted by Crippen LogP contribution is 2.29. The van der Waals surface area contributed by atoms with Crippen molar-refractivity contribution in [3.63, 3.8) is 0 Å². The number of carbonyl (C=O) groups is 3. The number of nitrogens with one attached hydrogen (secondary N) is 2. The Hall–Kier alpha value is -2.89. The van der Waals surface area contributed by atoms with Gasteiger partial charge in [-0.2, -0.15) is 0 Å². The molecule has 2 heterocycles. The van der Waals surface area contributed by atoms with E-state index in [1.54, 1.807) is 35.0 Å². The summed E-state index contributed by atoms with van der Waals surface area (Å²) < 4.78 is 11.9. The van der Waals surface area contributed by atoms with Gasteiger partial charge in [0.15, 0.2) is 0 Å². The van der Waals surface area contributed by atoms with Crippen LogP contribution in [0.5, 0.6) is 5.75 Å². The highest BCUT2D eigenvalue weighted by molar-refractivity contribution is 5.91. The number of aliphatic hydroxyl groups excluding tert-OH is 1. The summed E-state index contributed by atoms with van der Waals surface area (Å²) in [5.74, 6) is 0.238. The van der Waals surface area contributed by atoms with E-state index in [2.05, 4.69) is 15.5 Å². The number of morpholine rings is 1. The third-order valence-electron chi connectivity index (χ3n) is 8.69. The summed E-state index contributed by atoms with van der Waals surface area (Å²) in [5.41, 5.74) is 1.27. The lowest BCUT2D eigenvalue weighted by atomic mass is 9.96. The Morgan fingerprint density at radius 2 is 1.90 bits per heavy atom. The molecule has 1 aromatic rings. The number of likely N-dealkylation sites (N-methyl/N-ethyl adjacent to an activating group) is 1. The molecular formula is C31H49N5O6. The van der Waals surface area contributed by atoms with E-state index >= 15 is 0 Å². The number of ether oxygens (including phenoxy) is 2. The molecule has 42 heavy (non-hydrogen) atoms. The van der Waals surface area contributed by atoms with Crippen LogP contribution in [0.25, 0.3) is 0 Å². The van der Waals surface area contributed by atoms with Gasteiger partial charge in [-0.05, 0) is 38.0 Å². The van der Waals surface area contributed by atoms with Crippen LogP contribution >= 0.6 is 0 Å². The lowest BCUT2D eigenvalue weighted by Gasteiger charge is -2.34. The molecule has 3 aliphatic rings. The molecule has 4 rings (SSSR count). The molecule has 1 aromatic carbocycles. The van der Waals surface area contributed by atoms with Crippen LogP contribution in [-0.4, -0.2) is 115 Å². The van der Waals surface area contributed by atoms with Crippen molar-refractivity contribution in [2.24, 2.45) is 5.92 Å². The smallest absolute Gasteiger partial charge is 0.317 e. The summed E-state index contributed by atoms with van der Waals surface area (Å²) in [5, 5.41) is 16.0. The number of urea groups is 1. The minimum atomic E-state index is -0.390. The number of fused-ring (bicyclic) bond motifs is 1. The van der Waals surface area contributed by atoms with Gasteiger partial charge >= 0.3 is 6.03 Å².